The Kier molecular flexibility index (Phi) is 9.08. The number of hydrogen-bond acceptors (Lipinski definition) is 5. The lowest BCUT2D eigenvalue weighted by Crippen LogP contribution is -2.14. The van der Waals surface area contributed by atoms with Crippen LogP contribution < -0.4 is 11.1 Å². The van der Waals surface area contributed by atoms with Gasteiger partial charge in [0, 0.05) is 12.6 Å². The van der Waals surface area contributed by atoms with Gasteiger partial charge in [0.15, 0.2) is 5.69 Å². The number of aromatic nitrogens is 3. The number of nitrogens with zero attached hydrogens (tertiary/aromatic N) is 3. The maximum absolute atomic E-state index is 14.1. The maximum Gasteiger partial charge on any atom is 0.277 e. The zero-order valence-electron chi connectivity index (χ0n) is 16.8. The van der Waals surface area contributed by atoms with Crippen molar-refractivity contribution in [3.8, 4) is 10.6 Å². The molecule has 0 aliphatic rings. The molecule has 0 saturated heterocycles. The Balaban J connectivity index is 0.000000921. The van der Waals surface area contributed by atoms with Gasteiger partial charge in [-0.2, -0.15) is 5.10 Å². The van der Waals surface area contributed by atoms with Crippen LogP contribution >= 0.6 is 22.9 Å². The summed E-state index contributed by atoms with van der Waals surface area (Å²) in [5.74, 6) is -0.940. The van der Waals surface area contributed by atoms with Crippen LogP contribution in [0.3, 0.4) is 0 Å². The Morgan fingerprint density at radius 2 is 1.93 bits per heavy atom. The number of rotatable bonds is 3. The lowest BCUT2D eigenvalue weighted by molar-refractivity contribution is 0.102. The summed E-state index contributed by atoms with van der Waals surface area (Å²) in [4.78, 5) is 16.6. The molecule has 0 unspecified atom stereocenters. The summed E-state index contributed by atoms with van der Waals surface area (Å²) in [6.45, 7) is 9.77. The number of hydrogen-bond donors (Lipinski definition) is 2. The van der Waals surface area contributed by atoms with Gasteiger partial charge in [-0.15, -0.1) is 0 Å². The summed E-state index contributed by atoms with van der Waals surface area (Å²) in [7, 11) is 1.65. The number of carbonyl (C=O) groups is 1. The number of thiazole rings is 1. The summed E-state index contributed by atoms with van der Waals surface area (Å²) < 4.78 is 15.5. The number of nitrogens with one attached hydrogen (secondary N) is 1. The molecule has 3 rings (SSSR count). The van der Waals surface area contributed by atoms with E-state index in [0.29, 0.717) is 21.8 Å². The predicted octanol–water partition coefficient (Wildman–Crippen LogP) is 5.53. The fourth-order valence-corrected chi connectivity index (χ4v) is 3.27. The van der Waals surface area contributed by atoms with Gasteiger partial charge in [0.05, 0.1) is 11.9 Å². The van der Waals surface area contributed by atoms with Crippen LogP contribution in [0, 0.1) is 12.7 Å². The van der Waals surface area contributed by atoms with Gasteiger partial charge in [-0.25, -0.2) is 9.37 Å². The summed E-state index contributed by atoms with van der Waals surface area (Å²) in [6.07, 6.45) is 1.42. The van der Waals surface area contributed by atoms with Crippen molar-refractivity contribution in [1.29, 1.82) is 0 Å². The molecular formula is C19H25ClFN5OS. The van der Waals surface area contributed by atoms with E-state index in [4.69, 9.17) is 17.3 Å². The fourth-order valence-electron chi connectivity index (χ4n) is 2.19. The SMILES string of the molecule is CC.CC.Cc1cccc(F)c1-c1nc(C(=O)Nc2cnn(C)c2Cl)c(N)s1. The van der Waals surface area contributed by atoms with Gasteiger partial charge in [-0.3, -0.25) is 9.48 Å². The molecule has 0 aliphatic heterocycles. The third-order valence-electron chi connectivity index (χ3n) is 3.42. The molecule has 0 fully saturated rings. The summed E-state index contributed by atoms with van der Waals surface area (Å²) in [5, 5.41) is 7.36. The van der Waals surface area contributed by atoms with Crippen LogP contribution in [0.15, 0.2) is 24.4 Å². The quantitative estimate of drug-likeness (QED) is 0.577. The molecule has 6 nitrogen and oxygen atoms in total. The van der Waals surface area contributed by atoms with E-state index in [9.17, 15) is 9.18 Å². The molecule has 0 bridgehead atoms. The maximum atomic E-state index is 14.1. The highest BCUT2D eigenvalue weighted by Gasteiger charge is 2.21. The fraction of sp³-hybridized carbons (Fsp3) is 0.316. The third-order valence-corrected chi connectivity index (χ3v) is 4.77. The summed E-state index contributed by atoms with van der Waals surface area (Å²) in [5.41, 5.74) is 7.32. The van der Waals surface area contributed by atoms with Crippen LogP contribution in [-0.4, -0.2) is 20.7 Å². The molecule has 1 aromatic carbocycles. The van der Waals surface area contributed by atoms with Gasteiger partial charge in [0.2, 0.25) is 0 Å². The molecule has 9 heteroatoms. The van der Waals surface area contributed by atoms with Crippen LogP contribution in [-0.2, 0) is 7.05 Å². The number of benzene rings is 1. The molecule has 0 radical (unpaired) electrons. The highest BCUT2D eigenvalue weighted by atomic mass is 35.5. The molecule has 3 N–H and O–H groups in total. The van der Waals surface area contributed by atoms with Gasteiger partial charge in [-0.05, 0) is 18.6 Å². The van der Waals surface area contributed by atoms with Crippen LogP contribution in [0.2, 0.25) is 5.15 Å². The number of nitrogen functional groups attached to an aromatic ring is 1. The summed E-state index contributed by atoms with van der Waals surface area (Å²) >= 11 is 7.07. The second-order valence-electron chi connectivity index (χ2n) is 5.09. The van der Waals surface area contributed by atoms with E-state index in [2.05, 4.69) is 15.4 Å². The Hall–Kier alpha value is -2.45. The van der Waals surface area contributed by atoms with Crippen molar-refractivity contribution < 1.29 is 9.18 Å². The zero-order valence-corrected chi connectivity index (χ0v) is 18.4. The van der Waals surface area contributed by atoms with Crippen LogP contribution in [0.4, 0.5) is 15.1 Å². The topological polar surface area (TPSA) is 85.8 Å². The number of aryl methyl sites for hydroxylation is 2. The van der Waals surface area contributed by atoms with Crippen molar-refractivity contribution in [2.45, 2.75) is 34.6 Å². The average molecular weight is 426 g/mol. The van der Waals surface area contributed by atoms with E-state index in [1.165, 1.54) is 16.9 Å². The van der Waals surface area contributed by atoms with E-state index < -0.39 is 11.7 Å². The number of anilines is 2. The monoisotopic (exact) mass is 425 g/mol. The molecular weight excluding hydrogens is 401 g/mol. The minimum Gasteiger partial charge on any atom is -0.389 e. The van der Waals surface area contributed by atoms with Gasteiger partial charge in [-0.1, -0.05) is 62.8 Å². The molecule has 0 aliphatic carbocycles. The largest absolute Gasteiger partial charge is 0.389 e. The number of amides is 1. The minimum atomic E-state index is -0.529. The molecule has 1 amide bonds. The van der Waals surface area contributed by atoms with Crippen LogP contribution in [0.25, 0.3) is 10.6 Å². The molecule has 0 atom stereocenters. The normalized spacial score (nSPS) is 9.71. The Bertz CT molecular complexity index is 918. The predicted molar refractivity (Wildman–Crippen MR) is 116 cm³/mol. The van der Waals surface area contributed by atoms with Crippen molar-refractivity contribution >= 4 is 39.5 Å². The van der Waals surface area contributed by atoms with E-state index >= 15 is 0 Å². The highest BCUT2D eigenvalue weighted by molar-refractivity contribution is 7.19. The van der Waals surface area contributed by atoms with Crippen molar-refractivity contribution in [2.75, 3.05) is 11.1 Å². The summed E-state index contributed by atoms with van der Waals surface area (Å²) in [6, 6.07) is 4.73. The average Bonchev–Trinajstić information content (AvgIpc) is 3.22. The van der Waals surface area contributed by atoms with Gasteiger partial charge < -0.3 is 11.1 Å². The Morgan fingerprint density at radius 3 is 2.46 bits per heavy atom. The first-order chi connectivity index (χ1) is 13.4. The molecule has 0 spiro atoms. The molecule has 2 heterocycles. The number of halogens is 2. The number of carbonyl (C=O) groups excluding carboxylic acids is 1. The minimum absolute atomic E-state index is 0.0255. The van der Waals surface area contributed by atoms with E-state index in [1.54, 1.807) is 26.1 Å². The standard InChI is InChI=1S/C15H13ClFN5OS.2C2H6/c1-7-4-3-5-8(17)10(7)15-21-11(13(18)24-15)14(23)20-9-6-19-22(2)12(9)16;2*1-2/h3-6H,18H2,1-2H3,(H,20,23);2*1-2H3. The third kappa shape index (κ3) is 5.08. The molecule has 152 valence electrons. The Labute approximate surface area is 173 Å². The zero-order chi connectivity index (χ0) is 21.4. The smallest absolute Gasteiger partial charge is 0.277 e. The van der Waals surface area contributed by atoms with Gasteiger partial charge >= 0.3 is 0 Å². The lowest BCUT2D eigenvalue weighted by Gasteiger charge is -2.03. The van der Waals surface area contributed by atoms with Crippen molar-refractivity contribution in [1.82, 2.24) is 14.8 Å². The molecule has 28 heavy (non-hydrogen) atoms. The first kappa shape index (κ1) is 23.6. The first-order valence-corrected chi connectivity index (χ1v) is 10.1. The molecule has 3 aromatic rings. The van der Waals surface area contributed by atoms with E-state index in [-0.39, 0.29) is 15.8 Å². The molecule has 0 saturated carbocycles. The lowest BCUT2D eigenvalue weighted by atomic mass is 10.1. The second-order valence-corrected chi connectivity index (χ2v) is 6.48. The Morgan fingerprint density at radius 1 is 1.29 bits per heavy atom. The van der Waals surface area contributed by atoms with Gasteiger partial charge in [0.25, 0.3) is 5.91 Å². The van der Waals surface area contributed by atoms with Crippen molar-refractivity contribution in [3.63, 3.8) is 0 Å². The highest BCUT2D eigenvalue weighted by Crippen LogP contribution is 2.34. The second kappa shape index (κ2) is 10.8. The van der Waals surface area contributed by atoms with Crippen molar-refractivity contribution in [3.05, 3.63) is 46.6 Å². The van der Waals surface area contributed by atoms with E-state index in [0.717, 1.165) is 11.3 Å². The van der Waals surface area contributed by atoms with Crippen LogP contribution in [0.1, 0.15) is 43.7 Å². The van der Waals surface area contributed by atoms with Crippen molar-refractivity contribution in [2.24, 2.45) is 7.05 Å². The first-order valence-electron chi connectivity index (χ1n) is 8.89. The van der Waals surface area contributed by atoms with Gasteiger partial charge in [0.1, 0.15) is 21.0 Å². The number of nitrogens with two attached hydrogens (primary N) is 1. The van der Waals surface area contributed by atoms with Crippen LogP contribution in [0.5, 0.6) is 0 Å². The molecule has 2 aromatic heterocycles. The van der Waals surface area contributed by atoms with E-state index in [1.807, 2.05) is 27.7 Å².